The molecule has 9 heteroatoms. The third kappa shape index (κ3) is 4.23. The Kier molecular flexibility index (Phi) is 5.63. The van der Waals surface area contributed by atoms with E-state index in [1.807, 2.05) is 0 Å². The van der Waals surface area contributed by atoms with Gasteiger partial charge in [0.1, 0.15) is 17.9 Å². The van der Waals surface area contributed by atoms with Crippen LogP contribution in [0, 0.1) is 11.7 Å². The molecule has 2 unspecified atom stereocenters. The van der Waals surface area contributed by atoms with Crippen LogP contribution in [0.1, 0.15) is 38.3 Å². The Morgan fingerprint density at radius 3 is 2.58 bits per heavy atom. The van der Waals surface area contributed by atoms with Crippen LogP contribution in [0.2, 0.25) is 0 Å². The maximum absolute atomic E-state index is 14.0. The number of hydrogen-bond acceptors (Lipinski definition) is 5. The van der Waals surface area contributed by atoms with E-state index in [0.29, 0.717) is 5.56 Å². The fourth-order valence-electron chi connectivity index (χ4n) is 4.51. The van der Waals surface area contributed by atoms with Crippen LogP contribution in [0.5, 0.6) is 0 Å². The number of urea groups is 1. The van der Waals surface area contributed by atoms with E-state index in [1.54, 1.807) is 19.9 Å². The molecule has 3 fully saturated rings. The van der Waals surface area contributed by atoms with E-state index in [2.05, 4.69) is 27.5 Å². The number of piperazine rings is 1. The summed E-state index contributed by atoms with van der Waals surface area (Å²) in [6.45, 7) is 6.60. The first-order valence-corrected chi connectivity index (χ1v) is 10.9. The lowest BCUT2D eigenvalue weighted by molar-refractivity contribution is -0.135. The second-order valence-corrected chi connectivity index (χ2v) is 9.08. The minimum atomic E-state index is -0.917. The zero-order valence-electron chi connectivity index (χ0n) is 18.3. The highest BCUT2D eigenvalue weighted by atomic mass is 19.1. The van der Waals surface area contributed by atoms with Gasteiger partial charge in [0, 0.05) is 37.4 Å². The first-order chi connectivity index (χ1) is 14.7. The molecule has 4 rings (SSSR count). The molecule has 2 heterocycles. The number of carbonyl (C=O) groups is 3. The van der Waals surface area contributed by atoms with E-state index in [-0.39, 0.29) is 24.2 Å². The maximum atomic E-state index is 14.0. The van der Waals surface area contributed by atoms with Gasteiger partial charge in [0.2, 0.25) is 5.91 Å². The molecular formula is C22H30FN5O3. The molecule has 4 amide bonds. The van der Waals surface area contributed by atoms with Gasteiger partial charge in [-0.2, -0.15) is 0 Å². The van der Waals surface area contributed by atoms with Crippen molar-refractivity contribution < 1.29 is 18.8 Å². The first kappa shape index (κ1) is 21.5. The first-order valence-electron chi connectivity index (χ1n) is 10.9. The Labute approximate surface area is 181 Å². The Balaban J connectivity index is 1.44. The lowest BCUT2D eigenvalue weighted by Crippen LogP contribution is -2.47. The van der Waals surface area contributed by atoms with Crippen molar-refractivity contribution >= 4 is 23.5 Å². The lowest BCUT2D eigenvalue weighted by Gasteiger charge is -2.36. The standard InChI is InChI=1S/C22H30FN5O3/c1-14(17-12-16(23)6-7-18(17)27-10-8-26(3)9-11-27)24-19(29)13-28-20(30)22(2,15-4-5-15)25-21(28)31/h6-7,12,14-15H,4-5,8-11,13H2,1-3H3,(H,24,29)(H,25,31). The van der Waals surface area contributed by atoms with Crippen molar-refractivity contribution in [1.29, 1.82) is 0 Å². The average Bonchev–Trinajstić information content (AvgIpc) is 3.55. The second kappa shape index (κ2) is 8.11. The Bertz CT molecular complexity index is 897. The highest BCUT2D eigenvalue weighted by molar-refractivity contribution is 6.09. The van der Waals surface area contributed by atoms with Crippen LogP contribution in [-0.2, 0) is 9.59 Å². The Hall–Kier alpha value is -2.68. The van der Waals surface area contributed by atoms with Crippen molar-refractivity contribution in [2.75, 3.05) is 44.7 Å². The van der Waals surface area contributed by atoms with Crippen molar-refractivity contribution in [3.8, 4) is 0 Å². The van der Waals surface area contributed by atoms with Crippen LogP contribution < -0.4 is 15.5 Å². The summed E-state index contributed by atoms with van der Waals surface area (Å²) < 4.78 is 14.0. The summed E-state index contributed by atoms with van der Waals surface area (Å²) in [5.41, 5.74) is 0.650. The Morgan fingerprint density at radius 1 is 1.26 bits per heavy atom. The maximum Gasteiger partial charge on any atom is 0.325 e. The van der Waals surface area contributed by atoms with E-state index >= 15 is 0 Å². The lowest BCUT2D eigenvalue weighted by atomic mass is 9.96. The van der Waals surface area contributed by atoms with Gasteiger partial charge in [0.05, 0.1) is 6.04 Å². The van der Waals surface area contributed by atoms with E-state index in [0.717, 1.165) is 49.6 Å². The molecule has 1 aromatic carbocycles. The SMILES string of the molecule is CC(NC(=O)CN1C(=O)NC(C)(C2CC2)C1=O)c1cc(F)ccc1N1CCN(C)CC1. The van der Waals surface area contributed by atoms with Crippen LogP contribution in [0.3, 0.4) is 0 Å². The third-order valence-corrected chi connectivity index (χ3v) is 6.67. The van der Waals surface area contributed by atoms with Gasteiger partial charge in [-0.25, -0.2) is 9.18 Å². The third-order valence-electron chi connectivity index (χ3n) is 6.67. The number of imide groups is 1. The van der Waals surface area contributed by atoms with Gasteiger partial charge in [0.15, 0.2) is 0 Å². The summed E-state index contributed by atoms with van der Waals surface area (Å²) >= 11 is 0. The molecule has 2 saturated heterocycles. The van der Waals surface area contributed by atoms with Gasteiger partial charge in [-0.05, 0) is 57.9 Å². The van der Waals surface area contributed by atoms with Gasteiger partial charge in [-0.1, -0.05) is 0 Å². The molecule has 0 radical (unpaired) electrons. The molecule has 31 heavy (non-hydrogen) atoms. The molecule has 2 aliphatic heterocycles. The van der Waals surface area contributed by atoms with Gasteiger partial charge < -0.3 is 20.4 Å². The molecule has 8 nitrogen and oxygen atoms in total. The van der Waals surface area contributed by atoms with Crippen LogP contribution >= 0.6 is 0 Å². The molecular weight excluding hydrogens is 401 g/mol. The molecule has 0 spiro atoms. The number of rotatable bonds is 6. The zero-order chi connectivity index (χ0) is 22.3. The summed E-state index contributed by atoms with van der Waals surface area (Å²) in [5, 5.41) is 5.58. The molecule has 3 aliphatic rings. The normalized spacial score (nSPS) is 25.5. The van der Waals surface area contributed by atoms with Crippen molar-refractivity contribution in [2.45, 2.75) is 38.3 Å². The van der Waals surface area contributed by atoms with Crippen LogP contribution in [0.15, 0.2) is 18.2 Å². The molecule has 0 bridgehead atoms. The topological polar surface area (TPSA) is 85.0 Å². The summed E-state index contributed by atoms with van der Waals surface area (Å²) in [4.78, 5) is 43.1. The molecule has 0 aromatic heterocycles. The predicted molar refractivity (Wildman–Crippen MR) is 114 cm³/mol. The van der Waals surface area contributed by atoms with Crippen LogP contribution in [-0.4, -0.2) is 73.0 Å². The Morgan fingerprint density at radius 2 is 1.94 bits per heavy atom. The molecule has 2 atom stereocenters. The van der Waals surface area contributed by atoms with Crippen molar-refractivity contribution in [2.24, 2.45) is 5.92 Å². The number of benzene rings is 1. The summed E-state index contributed by atoms with van der Waals surface area (Å²) in [5.74, 6) is -1.05. The minimum absolute atomic E-state index is 0.134. The number of anilines is 1. The number of nitrogens with one attached hydrogen (secondary N) is 2. The smallest absolute Gasteiger partial charge is 0.325 e. The predicted octanol–water partition coefficient (Wildman–Crippen LogP) is 1.48. The second-order valence-electron chi connectivity index (χ2n) is 9.08. The zero-order valence-corrected chi connectivity index (χ0v) is 18.3. The average molecular weight is 432 g/mol. The van der Waals surface area contributed by atoms with Gasteiger partial charge >= 0.3 is 6.03 Å². The molecule has 1 aliphatic carbocycles. The van der Waals surface area contributed by atoms with Crippen molar-refractivity contribution in [1.82, 2.24) is 20.4 Å². The number of likely N-dealkylation sites (N-methyl/N-ethyl adjacent to an activating group) is 1. The summed E-state index contributed by atoms with van der Waals surface area (Å²) in [6.07, 6.45) is 1.79. The number of amides is 4. The summed E-state index contributed by atoms with van der Waals surface area (Å²) in [6, 6.07) is 3.60. The van der Waals surface area contributed by atoms with Crippen LogP contribution in [0.25, 0.3) is 0 Å². The molecule has 1 saturated carbocycles. The molecule has 1 aromatic rings. The van der Waals surface area contributed by atoms with Gasteiger partial charge in [-0.15, -0.1) is 0 Å². The fraction of sp³-hybridized carbons (Fsp3) is 0.591. The van der Waals surface area contributed by atoms with E-state index in [1.165, 1.54) is 12.1 Å². The minimum Gasteiger partial charge on any atom is -0.369 e. The fourth-order valence-corrected chi connectivity index (χ4v) is 4.51. The molecule has 168 valence electrons. The highest BCUT2D eigenvalue weighted by Crippen LogP contribution is 2.42. The van der Waals surface area contributed by atoms with Crippen LogP contribution in [0.4, 0.5) is 14.9 Å². The quantitative estimate of drug-likeness (QED) is 0.667. The number of carbonyl (C=O) groups excluding carboxylic acids is 3. The summed E-state index contributed by atoms with van der Waals surface area (Å²) in [7, 11) is 2.07. The van der Waals surface area contributed by atoms with Crippen molar-refractivity contribution in [3.63, 3.8) is 0 Å². The van der Waals surface area contributed by atoms with Gasteiger partial charge in [-0.3, -0.25) is 14.5 Å². The van der Waals surface area contributed by atoms with E-state index in [4.69, 9.17) is 0 Å². The monoisotopic (exact) mass is 431 g/mol. The molecule has 2 N–H and O–H groups in total. The van der Waals surface area contributed by atoms with Crippen molar-refractivity contribution in [3.05, 3.63) is 29.6 Å². The number of halogens is 1. The largest absolute Gasteiger partial charge is 0.369 e. The van der Waals surface area contributed by atoms with E-state index in [9.17, 15) is 18.8 Å². The van der Waals surface area contributed by atoms with E-state index < -0.39 is 23.5 Å². The van der Waals surface area contributed by atoms with Gasteiger partial charge in [0.25, 0.3) is 5.91 Å². The number of hydrogen-bond donors (Lipinski definition) is 2. The highest BCUT2D eigenvalue weighted by Gasteiger charge is 2.56. The number of nitrogens with zero attached hydrogens (tertiary/aromatic N) is 3.